The zero-order chi connectivity index (χ0) is 14.9. The van der Waals surface area contributed by atoms with Crippen molar-refractivity contribution in [3.63, 3.8) is 0 Å². The van der Waals surface area contributed by atoms with E-state index >= 15 is 0 Å². The summed E-state index contributed by atoms with van der Waals surface area (Å²) in [6, 6.07) is 2.36. The largest absolute Gasteiger partial charge is 0.314 e. The monoisotopic (exact) mass is 297 g/mol. The molecular formula is C16H35N5. The smallest absolute Gasteiger partial charge is 0.0221 e. The summed E-state index contributed by atoms with van der Waals surface area (Å²) < 4.78 is 0. The molecule has 2 aliphatic rings. The van der Waals surface area contributed by atoms with Crippen LogP contribution < -0.4 is 26.6 Å². The Morgan fingerprint density at radius 2 is 1.19 bits per heavy atom. The van der Waals surface area contributed by atoms with Gasteiger partial charge in [0, 0.05) is 63.4 Å². The molecule has 5 N–H and O–H groups in total. The van der Waals surface area contributed by atoms with Crippen LogP contribution in [-0.2, 0) is 0 Å². The molecule has 5 heteroatoms. The van der Waals surface area contributed by atoms with Crippen molar-refractivity contribution in [3.05, 3.63) is 0 Å². The molecule has 5 nitrogen and oxygen atoms in total. The van der Waals surface area contributed by atoms with Crippen LogP contribution in [0.1, 0.15) is 39.5 Å². The zero-order valence-electron chi connectivity index (χ0n) is 13.9. The highest BCUT2D eigenvalue weighted by atomic mass is 15.1. The first-order valence-electron chi connectivity index (χ1n) is 8.90. The van der Waals surface area contributed by atoms with E-state index in [9.17, 15) is 0 Å². The van der Waals surface area contributed by atoms with Gasteiger partial charge in [0.15, 0.2) is 0 Å². The number of nitrogens with one attached hydrogen (secondary N) is 5. The minimum absolute atomic E-state index is 0.537. The maximum absolute atomic E-state index is 3.78. The van der Waals surface area contributed by atoms with Crippen LogP contribution in [0.3, 0.4) is 0 Å². The molecule has 1 saturated heterocycles. The first-order chi connectivity index (χ1) is 10.3. The van der Waals surface area contributed by atoms with Gasteiger partial charge in [-0.3, -0.25) is 0 Å². The van der Waals surface area contributed by atoms with Gasteiger partial charge in [0.25, 0.3) is 0 Å². The topological polar surface area (TPSA) is 60.1 Å². The van der Waals surface area contributed by atoms with Gasteiger partial charge < -0.3 is 26.6 Å². The summed E-state index contributed by atoms with van der Waals surface area (Å²) in [5.74, 6) is 0. The van der Waals surface area contributed by atoms with Gasteiger partial charge in [0.2, 0.25) is 0 Å². The van der Waals surface area contributed by atoms with Crippen molar-refractivity contribution in [1.29, 1.82) is 0 Å². The predicted molar refractivity (Wildman–Crippen MR) is 89.8 cm³/mol. The van der Waals surface area contributed by atoms with Gasteiger partial charge in [-0.25, -0.2) is 0 Å². The zero-order valence-corrected chi connectivity index (χ0v) is 13.9. The highest BCUT2D eigenvalue weighted by molar-refractivity contribution is 4.87. The Morgan fingerprint density at radius 1 is 0.619 bits per heavy atom. The standard InChI is InChI=1S/C16H35N5/c1-13-11-17-7-8-18-14(2)12-21-16-6-4-3-5-15(16)20-10-9-19-13/h13-21H,3-12H2,1-2H3/t13-,14+,15-,16-/m1/s1. The van der Waals surface area contributed by atoms with Gasteiger partial charge in [-0.15, -0.1) is 0 Å². The van der Waals surface area contributed by atoms with Crippen LogP contribution in [0.15, 0.2) is 0 Å². The molecular weight excluding hydrogens is 262 g/mol. The Balaban J connectivity index is 1.83. The van der Waals surface area contributed by atoms with Crippen molar-refractivity contribution >= 4 is 0 Å². The van der Waals surface area contributed by atoms with Gasteiger partial charge in [-0.1, -0.05) is 12.8 Å². The second kappa shape index (κ2) is 9.74. The first-order valence-corrected chi connectivity index (χ1v) is 8.90. The average molecular weight is 297 g/mol. The van der Waals surface area contributed by atoms with Crippen LogP contribution in [0, 0.1) is 0 Å². The van der Waals surface area contributed by atoms with E-state index in [4.69, 9.17) is 0 Å². The van der Waals surface area contributed by atoms with Crippen molar-refractivity contribution in [1.82, 2.24) is 26.6 Å². The van der Waals surface area contributed by atoms with Crippen LogP contribution in [0.2, 0.25) is 0 Å². The molecule has 124 valence electrons. The normalized spacial score (nSPS) is 38.0. The fourth-order valence-electron chi connectivity index (χ4n) is 3.39. The quantitative estimate of drug-likeness (QED) is 0.437. The third kappa shape index (κ3) is 6.61. The van der Waals surface area contributed by atoms with Crippen LogP contribution in [0.25, 0.3) is 0 Å². The molecule has 1 aliphatic carbocycles. The molecule has 1 aliphatic heterocycles. The van der Waals surface area contributed by atoms with Gasteiger partial charge in [-0.2, -0.15) is 0 Å². The van der Waals surface area contributed by atoms with E-state index in [1.54, 1.807) is 0 Å². The van der Waals surface area contributed by atoms with Crippen molar-refractivity contribution in [3.8, 4) is 0 Å². The summed E-state index contributed by atoms with van der Waals surface area (Å²) in [6.45, 7) is 10.9. The second-order valence-electron chi connectivity index (χ2n) is 6.77. The lowest BCUT2D eigenvalue weighted by Crippen LogP contribution is -2.53. The Hall–Kier alpha value is -0.200. The summed E-state index contributed by atoms with van der Waals surface area (Å²) in [5, 5.41) is 18.2. The minimum atomic E-state index is 0.537. The van der Waals surface area contributed by atoms with Crippen LogP contribution in [0.5, 0.6) is 0 Å². The van der Waals surface area contributed by atoms with Crippen molar-refractivity contribution < 1.29 is 0 Å². The Bertz CT molecular complexity index is 273. The van der Waals surface area contributed by atoms with E-state index in [2.05, 4.69) is 40.4 Å². The maximum Gasteiger partial charge on any atom is 0.0221 e. The third-order valence-electron chi connectivity index (χ3n) is 4.72. The Morgan fingerprint density at radius 3 is 1.95 bits per heavy atom. The van der Waals surface area contributed by atoms with Crippen molar-refractivity contribution in [2.75, 3.05) is 39.3 Å². The third-order valence-corrected chi connectivity index (χ3v) is 4.72. The van der Waals surface area contributed by atoms with E-state index in [0.717, 1.165) is 39.3 Å². The van der Waals surface area contributed by atoms with E-state index in [-0.39, 0.29) is 0 Å². The SMILES string of the molecule is C[C@@H]1CNCCN[C@@H](C)CN[C@@H]2CCCC[C@H]2NCCN1. The van der Waals surface area contributed by atoms with Crippen LogP contribution >= 0.6 is 0 Å². The predicted octanol–water partition coefficient (Wildman–Crippen LogP) is 0.0362. The Labute approximate surface area is 130 Å². The molecule has 1 saturated carbocycles. The summed E-state index contributed by atoms with van der Waals surface area (Å²) in [4.78, 5) is 0. The number of hydrogen-bond acceptors (Lipinski definition) is 5. The molecule has 0 radical (unpaired) electrons. The molecule has 0 unspecified atom stereocenters. The second-order valence-corrected chi connectivity index (χ2v) is 6.77. The van der Waals surface area contributed by atoms with Crippen molar-refractivity contribution in [2.24, 2.45) is 0 Å². The summed E-state index contributed by atoms with van der Waals surface area (Å²) in [7, 11) is 0. The molecule has 0 aromatic heterocycles. The molecule has 0 aromatic rings. The average Bonchev–Trinajstić information content (AvgIpc) is 2.50. The Kier molecular flexibility index (Phi) is 7.96. The summed E-state index contributed by atoms with van der Waals surface area (Å²) in [6.07, 6.45) is 5.38. The van der Waals surface area contributed by atoms with E-state index in [0.29, 0.717) is 24.2 Å². The molecule has 0 amide bonds. The van der Waals surface area contributed by atoms with Gasteiger partial charge >= 0.3 is 0 Å². The van der Waals surface area contributed by atoms with Crippen LogP contribution in [0.4, 0.5) is 0 Å². The molecule has 1 heterocycles. The lowest BCUT2D eigenvalue weighted by atomic mass is 9.90. The summed E-state index contributed by atoms with van der Waals surface area (Å²) in [5.41, 5.74) is 0. The van der Waals surface area contributed by atoms with Gasteiger partial charge in [0.1, 0.15) is 0 Å². The van der Waals surface area contributed by atoms with Gasteiger partial charge in [-0.05, 0) is 26.7 Å². The molecule has 4 atom stereocenters. The lowest BCUT2D eigenvalue weighted by Gasteiger charge is -2.34. The number of hydrogen-bond donors (Lipinski definition) is 5. The van der Waals surface area contributed by atoms with Crippen molar-refractivity contribution in [2.45, 2.75) is 63.7 Å². The van der Waals surface area contributed by atoms with Gasteiger partial charge in [0.05, 0.1) is 0 Å². The van der Waals surface area contributed by atoms with E-state index in [1.807, 2.05) is 0 Å². The highest BCUT2D eigenvalue weighted by Crippen LogP contribution is 2.18. The molecule has 2 fully saturated rings. The molecule has 21 heavy (non-hydrogen) atoms. The first kappa shape index (κ1) is 17.2. The highest BCUT2D eigenvalue weighted by Gasteiger charge is 2.24. The number of rotatable bonds is 0. The maximum atomic E-state index is 3.78. The van der Waals surface area contributed by atoms with E-state index < -0.39 is 0 Å². The van der Waals surface area contributed by atoms with E-state index in [1.165, 1.54) is 25.7 Å². The molecule has 2 rings (SSSR count). The number of fused-ring (bicyclic) bond motifs is 1. The molecule has 0 spiro atoms. The fraction of sp³-hybridized carbons (Fsp3) is 1.00. The van der Waals surface area contributed by atoms with Crippen LogP contribution in [-0.4, -0.2) is 63.4 Å². The lowest BCUT2D eigenvalue weighted by molar-refractivity contribution is 0.277. The molecule has 0 bridgehead atoms. The molecule has 0 aromatic carbocycles. The summed E-state index contributed by atoms with van der Waals surface area (Å²) >= 11 is 0. The minimum Gasteiger partial charge on any atom is -0.314 e. The fourth-order valence-corrected chi connectivity index (χ4v) is 3.39.